The van der Waals surface area contributed by atoms with Crippen LogP contribution in [-0.4, -0.2) is 66.8 Å². The van der Waals surface area contributed by atoms with Crippen molar-refractivity contribution in [2.24, 2.45) is 0 Å². The molecule has 3 aromatic heterocycles. The monoisotopic (exact) mass is 652 g/mol. The Balaban J connectivity index is 1.01. The summed E-state index contributed by atoms with van der Waals surface area (Å²) in [7, 11) is 0. The average Bonchev–Trinajstić information content (AvgIpc) is 3.37. The molecule has 2 aliphatic rings. The van der Waals surface area contributed by atoms with E-state index < -0.39 is 5.60 Å². The number of imidazole rings is 1. The third-order valence-corrected chi connectivity index (χ3v) is 8.96. The van der Waals surface area contributed by atoms with Gasteiger partial charge < -0.3 is 18.8 Å². The van der Waals surface area contributed by atoms with Gasteiger partial charge >= 0.3 is 5.97 Å². The summed E-state index contributed by atoms with van der Waals surface area (Å²) in [5.41, 5.74) is 5.07. The molecule has 7 rings (SSSR count). The van der Waals surface area contributed by atoms with Crippen LogP contribution in [0.2, 0.25) is 0 Å². The lowest BCUT2D eigenvalue weighted by molar-refractivity contribution is -0.0592. The third-order valence-electron chi connectivity index (χ3n) is 8.96. The second kappa shape index (κ2) is 13.2. The topological polar surface area (TPSA) is 104 Å². The highest BCUT2D eigenvalue weighted by Gasteiger charge is 2.27. The van der Waals surface area contributed by atoms with Crippen molar-refractivity contribution in [3.8, 4) is 5.88 Å². The molecule has 0 saturated carbocycles. The number of carbonyl (C=O) groups is 1. The lowest BCUT2D eigenvalue weighted by atomic mass is 9.93. The normalized spacial score (nSPS) is 17.5. The Morgan fingerprint density at radius 2 is 1.81 bits per heavy atom. The van der Waals surface area contributed by atoms with Crippen LogP contribution in [0.25, 0.3) is 22.1 Å². The van der Waals surface area contributed by atoms with Crippen molar-refractivity contribution in [1.29, 1.82) is 0 Å². The fraction of sp³-hybridized carbons (Fsp3) is 0.432. The van der Waals surface area contributed by atoms with Gasteiger partial charge in [-0.25, -0.2) is 24.1 Å². The number of carbonyl (C=O) groups excluding carboxylic acids is 1. The third kappa shape index (κ3) is 7.17. The molecule has 0 radical (unpaired) electrons. The van der Waals surface area contributed by atoms with Gasteiger partial charge in [0.15, 0.2) is 0 Å². The largest absolute Gasteiger partial charge is 0.473 e. The maximum Gasteiger partial charge on any atom is 0.338 e. The summed E-state index contributed by atoms with van der Waals surface area (Å²) in [4.78, 5) is 33.8. The molecule has 0 amide bonds. The molecule has 250 valence electrons. The van der Waals surface area contributed by atoms with E-state index in [4.69, 9.17) is 24.2 Å². The molecule has 1 atom stereocenters. The van der Waals surface area contributed by atoms with Gasteiger partial charge in [0, 0.05) is 42.1 Å². The molecule has 10 nitrogen and oxygen atoms in total. The Hall–Kier alpha value is -4.48. The fourth-order valence-electron chi connectivity index (χ4n) is 6.35. The Bertz CT molecular complexity index is 1960. The summed E-state index contributed by atoms with van der Waals surface area (Å²) < 4.78 is 34.3. The van der Waals surface area contributed by atoms with Crippen molar-refractivity contribution in [3.05, 3.63) is 88.9 Å². The maximum absolute atomic E-state index is 14.8. The number of nitrogens with zero attached hydrogens (tertiary/aromatic N) is 6. The van der Waals surface area contributed by atoms with Gasteiger partial charge in [0.05, 0.1) is 52.5 Å². The molecular formula is C37H41FN6O4. The number of benzene rings is 2. The first kappa shape index (κ1) is 32.1. The molecule has 0 aliphatic carbocycles. The van der Waals surface area contributed by atoms with E-state index in [0.717, 1.165) is 67.2 Å². The molecule has 48 heavy (non-hydrogen) atoms. The summed E-state index contributed by atoms with van der Waals surface area (Å²) in [6, 6.07) is 14.5. The van der Waals surface area contributed by atoms with E-state index in [1.165, 1.54) is 6.07 Å². The maximum atomic E-state index is 14.8. The van der Waals surface area contributed by atoms with Crippen LogP contribution in [-0.2, 0) is 29.2 Å². The van der Waals surface area contributed by atoms with Crippen LogP contribution in [0.3, 0.4) is 0 Å². The van der Waals surface area contributed by atoms with E-state index in [2.05, 4.69) is 19.4 Å². The van der Waals surface area contributed by atoms with Crippen molar-refractivity contribution in [1.82, 2.24) is 29.4 Å². The van der Waals surface area contributed by atoms with Gasteiger partial charge in [0.25, 0.3) is 0 Å². The number of fused-ring (bicyclic) bond motifs is 2. The number of likely N-dealkylation sites (tertiary alicyclic amines) is 1. The molecule has 2 aliphatic heterocycles. The molecule has 0 bridgehead atoms. The van der Waals surface area contributed by atoms with Crippen molar-refractivity contribution >= 4 is 28.0 Å². The quantitative estimate of drug-likeness (QED) is 0.165. The number of ether oxygens (including phenoxy) is 3. The first-order valence-electron chi connectivity index (χ1n) is 16.7. The molecule has 2 fully saturated rings. The minimum atomic E-state index is -0.570. The minimum absolute atomic E-state index is 0.0540. The zero-order valence-electron chi connectivity index (χ0n) is 27.9. The van der Waals surface area contributed by atoms with E-state index in [9.17, 15) is 9.18 Å². The van der Waals surface area contributed by atoms with E-state index in [0.29, 0.717) is 47.0 Å². The van der Waals surface area contributed by atoms with Gasteiger partial charge in [0.1, 0.15) is 23.8 Å². The van der Waals surface area contributed by atoms with Gasteiger partial charge in [0.2, 0.25) is 5.88 Å². The Morgan fingerprint density at radius 1 is 1.00 bits per heavy atom. The highest BCUT2D eigenvalue weighted by atomic mass is 19.1. The minimum Gasteiger partial charge on any atom is -0.473 e. The van der Waals surface area contributed by atoms with Crippen molar-refractivity contribution in [2.45, 2.75) is 84.3 Å². The Morgan fingerprint density at radius 3 is 2.56 bits per heavy atom. The number of halogens is 1. The smallest absolute Gasteiger partial charge is 0.338 e. The van der Waals surface area contributed by atoms with Crippen LogP contribution in [0.4, 0.5) is 4.39 Å². The van der Waals surface area contributed by atoms with Gasteiger partial charge in [-0.15, -0.1) is 0 Å². The van der Waals surface area contributed by atoms with Crippen LogP contribution in [0.5, 0.6) is 5.88 Å². The van der Waals surface area contributed by atoms with Gasteiger partial charge in [-0.2, -0.15) is 0 Å². The van der Waals surface area contributed by atoms with Gasteiger partial charge in [-0.1, -0.05) is 6.07 Å². The van der Waals surface area contributed by atoms with Crippen LogP contribution < -0.4 is 4.74 Å². The lowest BCUT2D eigenvalue weighted by Gasteiger charge is -2.32. The van der Waals surface area contributed by atoms with Crippen LogP contribution in [0.1, 0.15) is 79.1 Å². The van der Waals surface area contributed by atoms with E-state index >= 15 is 0 Å². The molecule has 0 unspecified atom stereocenters. The highest BCUT2D eigenvalue weighted by molar-refractivity contribution is 5.94. The second-order valence-electron chi connectivity index (χ2n) is 13.8. The van der Waals surface area contributed by atoms with Crippen LogP contribution in [0, 0.1) is 12.7 Å². The second-order valence-corrected chi connectivity index (χ2v) is 13.8. The predicted molar refractivity (Wildman–Crippen MR) is 179 cm³/mol. The molecular weight excluding hydrogens is 611 g/mol. The number of pyridine rings is 1. The molecule has 5 aromatic rings. The van der Waals surface area contributed by atoms with E-state index in [1.807, 2.05) is 58.0 Å². The SMILES string of the molecule is Cc1cnc2cc(F)c(COc3cccc(C4CCN(Cc5nc6ccc(C(=O)OC(C)(C)C)cc6n5C[C@@H]5CCO5)CC4)n3)cc2n1. The van der Waals surface area contributed by atoms with Gasteiger partial charge in [-0.05, 0) is 90.4 Å². The first-order chi connectivity index (χ1) is 23.1. The lowest BCUT2D eigenvalue weighted by Crippen LogP contribution is -2.35. The average molecular weight is 653 g/mol. The van der Waals surface area contributed by atoms with Crippen molar-refractivity contribution < 1.29 is 23.4 Å². The first-order valence-corrected chi connectivity index (χ1v) is 16.7. The summed E-state index contributed by atoms with van der Waals surface area (Å²) in [6.07, 6.45) is 4.68. The fourth-order valence-corrected chi connectivity index (χ4v) is 6.35. The van der Waals surface area contributed by atoms with E-state index in [-0.39, 0.29) is 24.5 Å². The highest BCUT2D eigenvalue weighted by Crippen LogP contribution is 2.30. The zero-order chi connectivity index (χ0) is 33.4. The number of aromatic nitrogens is 5. The number of aryl methyl sites for hydroxylation is 1. The number of hydrogen-bond donors (Lipinski definition) is 0. The molecule has 0 spiro atoms. The van der Waals surface area contributed by atoms with Crippen molar-refractivity contribution in [3.63, 3.8) is 0 Å². The number of hydrogen-bond acceptors (Lipinski definition) is 9. The Labute approximate surface area is 279 Å². The summed E-state index contributed by atoms with van der Waals surface area (Å²) >= 11 is 0. The molecule has 0 N–H and O–H groups in total. The number of piperidine rings is 1. The Kier molecular flexibility index (Phi) is 8.82. The molecule has 2 saturated heterocycles. The summed E-state index contributed by atoms with van der Waals surface area (Å²) in [6.45, 7) is 11.5. The van der Waals surface area contributed by atoms with Crippen molar-refractivity contribution in [2.75, 3.05) is 19.7 Å². The number of esters is 1. The van der Waals surface area contributed by atoms with Crippen LogP contribution in [0.15, 0.2) is 54.7 Å². The molecule has 5 heterocycles. The van der Waals surface area contributed by atoms with Gasteiger partial charge in [-0.3, -0.25) is 9.88 Å². The van der Waals surface area contributed by atoms with Crippen LogP contribution >= 0.6 is 0 Å². The molecule has 2 aromatic carbocycles. The van der Waals surface area contributed by atoms with E-state index in [1.54, 1.807) is 18.3 Å². The predicted octanol–water partition coefficient (Wildman–Crippen LogP) is 6.52. The zero-order valence-corrected chi connectivity index (χ0v) is 27.9. The standard InChI is InChI=1S/C37H41FN6O4/c1-23-19-39-31-18-28(38)26(16-32(31)40-23)22-47-35-7-5-6-29(42-35)24-10-13-43(14-11-24)21-34-41-30-9-8-25(36(45)48-37(2,3)4)17-33(30)44(34)20-27-12-15-46-27/h5-9,16-19,24,27H,10-15,20-22H2,1-4H3/t27-/m0/s1. The summed E-state index contributed by atoms with van der Waals surface area (Å²) in [5, 5.41) is 0. The molecule has 11 heteroatoms. The summed E-state index contributed by atoms with van der Waals surface area (Å²) in [5.74, 6) is 1.02. The number of rotatable bonds is 9.